The number of rotatable bonds is 4. The Bertz CT molecular complexity index is 412. The van der Waals surface area contributed by atoms with Gasteiger partial charge in [0.05, 0.1) is 13.2 Å². The van der Waals surface area contributed by atoms with Gasteiger partial charge in [-0.15, -0.1) is 5.10 Å². The third-order valence-corrected chi connectivity index (χ3v) is 4.29. The molecule has 1 aliphatic rings. The van der Waals surface area contributed by atoms with Crippen molar-refractivity contribution in [3.05, 3.63) is 0 Å². The van der Waals surface area contributed by atoms with E-state index in [0.717, 1.165) is 25.7 Å². The first kappa shape index (κ1) is 13.3. The summed E-state index contributed by atoms with van der Waals surface area (Å²) >= 11 is 1.43. The Hall–Kier alpha value is -1.15. The van der Waals surface area contributed by atoms with E-state index in [2.05, 4.69) is 20.3 Å². The van der Waals surface area contributed by atoms with E-state index in [0.29, 0.717) is 5.16 Å². The summed E-state index contributed by atoms with van der Waals surface area (Å²) in [5, 5.41) is 21.7. The molecule has 1 N–H and O–H groups in total. The van der Waals surface area contributed by atoms with E-state index in [-0.39, 0.29) is 17.9 Å². The topological polar surface area (TPSA) is 90.1 Å². The summed E-state index contributed by atoms with van der Waals surface area (Å²) in [5.74, 6) is -0.395. The van der Waals surface area contributed by atoms with E-state index < -0.39 is 5.97 Å². The summed E-state index contributed by atoms with van der Waals surface area (Å²) in [6.07, 6.45) is 3.60. The lowest BCUT2D eigenvalue weighted by atomic mass is 9.97. The van der Waals surface area contributed by atoms with Crippen LogP contribution < -0.4 is 0 Å². The first-order chi connectivity index (χ1) is 8.70. The van der Waals surface area contributed by atoms with E-state index >= 15 is 0 Å². The predicted molar refractivity (Wildman–Crippen MR) is 64.0 cm³/mol. The summed E-state index contributed by atoms with van der Waals surface area (Å²) in [4.78, 5) is 11.2. The number of aliphatic hydroxyl groups excluding tert-OH is 1. The van der Waals surface area contributed by atoms with Crippen LogP contribution in [-0.2, 0) is 16.1 Å². The molecule has 1 aromatic rings. The lowest BCUT2D eigenvalue weighted by molar-refractivity contribution is -0.141. The van der Waals surface area contributed by atoms with Gasteiger partial charge in [0, 0.05) is 5.25 Å². The van der Waals surface area contributed by atoms with Crippen molar-refractivity contribution in [3.63, 3.8) is 0 Å². The maximum absolute atomic E-state index is 11.2. The largest absolute Gasteiger partial charge is 0.468 e. The monoisotopic (exact) mass is 272 g/mol. The molecule has 2 rings (SSSR count). The van der Waals surface area contributed by atoms with Crippen LogP contribution in [0.3, 0.4) is 0 Å². The summed E-state index contributed by atoms with van der Waals surface area (Å²) < 4.78 is 5.98. The fourth-order valence-electron chi connectivity index (χ4n) is 1.92. The zero-order chi connectivity index (χ0) is 13.0. The average molecular weight is 272 g/mol. The molecule has 2 atom stereocenters. The van der Waals surface area contributed by atoms with E-state index in [9.17, 15) is 9.90 Å². The molecule has 8 heteroatoms. The zero-order valence-corrected chi connectivity index (χ0v) is 11.0. The van der Waals surface area contributed by atoms with E-state index in [1.165, 1.54) is 23.6 Å². The van der Waals surface area contributed by atoms with Crippen molar-refractivity contribution in [3.8, 4) is 0 Å². The van der Waals surface area contributed by atoms with Crippen molar-refractivity contribution in [2.75, 3.05) is 7.11 Å². The fraction of sp³-hybridized carbons (Fsp3) is 0.800. The van der Waals surface area contributed by atoms with Crippen molar-refractivity contribution in [1.29, 1.82) is 0 Å². The van der Waals surface area contributed by atoms with Gasteiger partial charge in [0.25, 0.3) is 0 Å². The van der Waals surface area contributed by atoms with Crippen LogP contribution in [0.15, 0.2) is 5.16 Å². The van der Waals surface area contributed by atoms with Crippen LogP contribution in [0.1, 0.15) is 25.7 Å². The number of aliphatic hydroxyl groups is 1. The third kappa shape index (κ3) is 3.20. The van der Waals surface area contributed by atoms with Crippen LogP contribution in [0.4, 0.5) is 0 Å². The molecule has 1 aromatic heterocycles. The lowest BCUT2D eigenvalue weighted by Gasteiger charge is -2.26. The average Bonchev–Trinajstić information content (AvgIpc) is 2.79. The van der Waals surface area contributed by atoms with E-state index in [1.807, 2.05) is 0 Å². The highest BCUT2D eigenvalue weighted by atomic mass is 32.2. The number of hydrogen-bond donors (Lipinski definition) is 1. The first-order valence-corrected chi connectivity index (χ1v) is 6.76. The highest BCUT2D eigenvalue weighted by Crippen LogP contribution is 2.32. The van der Waals surface area contributed by atoms with Crippen LogP contribution in [0.25, 0.3) is 0 Å². The third-order valence-electron chi connectivity index (χ3n) is 2.93. The van der Waals surface area contributed by atoms with Crippen molar-refractivity contribution in [2.45, 2.75) is 48.7 Å². The number of esters is 1. The smallest absolute Gasteiger partial charge is 0.327 e. The Balaban J connectivity index is 2.00. The normalized spacial score (nSPS) is 23.9. The SMILES string of the molecule is COC(=O)Cn1nnnc1SC1CCCCC1O. The number of hydrogen-bond acceptors (Lipinski definition) is 7. The molecule has 1 fully saturated rings. The molecule has 1 saturated carbocycles. The zero-order valence-electron chi connectivity index (χ0n) is 10.2. The Morgan fingerprint density at radius 1 is 1.56 bits per heavy atom. The molecule has 0 aromatic carbocycles. The molecule has 0 radical (unpaired) electrons. The maximum atomic E-state index is 11.2. The molecule has 7 nitrogen and oxygen atoms in total. The Kier molecular flexibility index (Phi) is 4.54. The number of tetrazole rings is 1. The molecule has 1 aliphatic carbocycles. The lowest BCUT2D eigenvalue weighted by Crippen LogP contribution is -2.27. The highest BCUT2D eigenvalue weighted by molar-refractivity contribution is 7.99. The van der Waals surface area contributed by atoms with Crippen LogP contribution in [0.5, 0.6) is 0 Å². The van der Waals surface area contributed by atoms with Gasteiger partial charge in [-0.2, -0.15) is 0 Å². The summed E-state index contributed by atoms with van der Waals surface area (Å²) in [7, 11) is 1.32. The second kappa shape index (κ2) is 6.14. The van der Waals surface area contributed by atoms with Gasteiger partial charge >= 0.3 is 5.97 Å². The summed E-state index contributed by atoms with van der Waals surface area (Å²) in [6.45, 7) is -0.00531. The molecule has 0 saturated heterocycles. The molecule has 0 aliphatic heterocycles. The molecular formula is C10H16N4O3S. The minimum Gasteiger partial charge on any atom is -0.468 e. The van der Waals surface area contributed by atoms with Crippen LogP contribution in [-0.4, -0.2) is 49.7 Å². The molecule has 18 heavy (non-hydrogen) atoms. The van der Waals surface area contributed by atoms with Gasteiger partial charge in [0.15, 0.2) is 0 Å². The van der Waals surface area contributed by atoms with Gasteiger partial charge in [-0.25, -0.2) is 4.68 Å². The van der Waals surface area contributed by atoms with Gasteiger partial charge in [-0.1, -0.05) is 24.6 Å². The summed E-state index contributed by atoms with van der Waals surface area (Å²) in [6, 6.07) is 0. The Morgan fingerprint density at radius 2 is 2.33 bits per heavy atom. The van der Waals surface area contributed by atoms with Crippen molar-refractivity contribution in [1.82, 2.24) is 20.2 Å². The number of thioether (sulfide) groups is 1. The molecule has 0 amide bonds. The van der Waals surface area contributed by atoms with Crippen LogP contribution in [0, 0.1) is 0 Å². The highest BCUT2D eigenvalue weighted by Gasteiger charge is 2.26. The quantitative estimate of drug-likeness (QED) is 0.785. The number of ether oxygens (including phenoxy) is 1. The van der Waals surface area contributed by atoms with Gasteiger partial charge in [0.1, 0.15) is 6.54 Å². The predicted octanol–water partition coefficient (Wildman–Crippen LogP) is 0.242. The second-order valence-electron chi connectivity index (χ2n) is 4.20. The Morgan fingerprint density at radius 3 is 3.06 bits per heavy atom. The maximum Gasteiger partial charge on any atom is 0.327 e. The van der Waals surface area contributed by atoms with Crippen molar-refractivity contribution in [2.24, 2.45) is 0 Å². The number of methoxy groups -OCH3 is 1. The van der Waals surface area contributed by atoms with Crippen LogP contribution >= 0.6 is 11.8 Å². The van der Waals surface area contributed by atoms with Gasteiger partial charge in [-0.05, 0) is 23.3 Å². The fourth-order valence-corrected chi connectivity index (χ4v) is 3.07. The second-order valence-corrected chi connectivity index (χ2v) is 5.41. The number of nitrogens with zero attached hydrogens (tertiary/aromatic N) is 4. The standard InChI is InChI=1S/C10H16N4O3S/c1-17-9(16)6-14-10(11-12-13-14)18-8-5-3-2-4-7(8)15/h7-8,15H,2-6H2,1H3. The Labute approximate surface area is 109 Å². The number of carbonyl (C=O) groups is 1. The molecule has 100 valence electrons. The van der Waals surface area contributed by atoms with Crippen LogP contribution in [0.2, 0.25) is 0 Å². The molecular weight excluding hydrogens is 256 g/mol. The van der Waals surface area contributed by atoms with E-state index in [4.69, 9.17) is 0 Å². The summed E-state index contributed by atoms with van der Waals surface area (Å²) in [5.41, 5.74) is 0. The first-order valence-electron chi connectivity index (χ1n) is 5.88. The number of carbonyl (C=O) groups excluding carboxylic acids is 1. The molecule has 1 heterocycles. The molecule has 0 bridgehead atoms. The van der Waals surface area contributed by atoms with Crippen molar-refractivity contribution < 1.29 is 14.6 Å². The number of aromatic nitrogens is 4. The molecule has 0 spiro atoms. The minimum absolute atomic E-state index is 0.00531. The molecule has 2 unspecified atom stereocenters. The van der Waals surface area contributed by atoms with Gasteiger partial charge in [-0.3, -0.25) is 4.79 Å². The van der Waals surface area contributed by atoms with Gasteiger partial charge < -0.3 is 9.84 Å². The van der Waals surface area contributed by atoms with E-state index in [1.54, 1.807) is 0 Å². The van der Waals surface area contributed by atoms with Crippen molar-refractivity contribution >= 4 is 17.7 Å². The van der Waals surface area contributed by atoms with Gasteiger partial charge in [0.2, 0.25) is 5.16 Å². The minimum atomic E-state index is -0.395.